The van der Waals surface area contributed by atoms with Gasteiger partial charge in [0, 0.05) is 0 Å². The number of rotatable bonds is 4. The first-order valence-electron chi connectivity index (χ1n) is 7.74. The normalized spacial score (nSPS) is 10.9. The molecule has 0 bridgehead atoms. The molecule has 1 aromatic heterocycles. The molecular weight excluding hydrogens is 363 g/mol. The Morgan fingerprint density at radius 1 is 0.833 bits per heavy atom. The van der Waals surface area contributed by atoms with Gasteiger partial charge in [-0.05, 0) is 0 Å². The molecule has 0 radical (unpaired) electrons. The van der Waals surface area contributed by atoms with Crippen LogP contribution in [-0.4, -0.2) is 22.1 Å². The van der Waals surface area contributed by atoms with E-state index in [4.69, 9.17) is 9.15 Å². The van der Waals surface area contributed by atoms with Crippen molar-refractivity contribution in [2.45, 2.75) is 0 Å². The fourth-order valence-electron chi connectivity index (χ4n) is 2.69. The number of para-hydroxylation sites is 1. The molecule has 0 aliphatic rings. The molecule has 0 aliphatic carbocycles. The van der Waals surface area contributed by atoms with Crippen LogP contribution in [0.5, 0.6) is 5.75 Å². The molecular formula is C21H16O2Se. The third kappa shape index (κ3) is 2.84. The average molecular weight is 379 g/mol. The van der Waals surface area contributed by atoms with Crippen LogP contribution in [0.15, 0.2) is 83.3 Å². The molecule has 0 saturated carbocycles. The maximum absolute atomic E-state index is 6.20. The van der Waals surface area contributed by atoms with Gasteiger partial charge in [-0.2, -0.15) is 0 Å². The predicted octanol–water partition coefficient (Wildman–Crippen LogP) is 3.76. The molecule has 4 aromatic rings. The van der Waals surface area contributed by atoms with E-state index in [-0.39, 0.29) is 15.0 Å². The summed E-state index contributed by atoms with van der Waals surface area (Å²) >= 11 is 0.131. The summed E-state index contributed by atoms with van der Waals surface area (Å²) in [6, 6.07) is 26.9. The predicted molar refractivity (Wildman–Crippen MR) is 99.7 cm³/mol. The maximum atomic E-state index is 6.20. The number of fused-ring (bicyclic) bond motifs is 1. The third-order valence-electron chi connectivity index (χ3n) is 3.85. The van der Waals surface area contributed by atoms with Gasteiger partial charge in [0.1, 0.15) is 0 Å². The molecule has 0 aliphatic heterocycles. The van der Waals surface area contributed by atoms with Gasteiger partial charge >= 0.3 is 147 Å². The van der Waals surface area contributed by atoms with Crippen LogP contribution in [-0.2, 0) is 0 Å². The van der Waals surface area contributed by atoms with Crippen LogP contribution in [0.25, 0.3) is 22.3 Å². The van der Waals surface area contributed by atoms with Crippen molar-refractivity contribution in [3.8, 4) is 17.1 Å². The van der Waals surface area contributed by atoms with Crippen LogP contribution in [0.1, 0.15) is 0 Å². The van der Waals surface area contributed by atoms with Crippen molar-refractivity contribution in [3.05, 3.63) is 78.9 Å². The standard InChI is InChI=1S/C21H16O2Se/c1-22-16-10-7-11-17(14-16)24-21-18-12-5-6-13-19(18)23-20(21)15-8-3-2-4-9-15/h2-14H,1H3. The van der Waals surface area contributed by atoms with Crippen LogP contribution in [0.4, 0.5) is 0 Å². The van der Waals surface area contributed by atoms with Crippen molar-refractivity contribution in [3.63, 3.8) is 0 Å². The molecule has 0 saturated heterocycles. The number of hydrogen-bond donors (Lipinski definition) is 0. The number of hydrogen-bond acceptors (Lipinski definition) is 2. The minimum absolute atomic E-state index is 0.131. The van der Waals surface area contributed by atoms with Crippen molar-refractivity contribution in [2.24, 2.45) is 0 Å². The molecule has 0 amide bonds. The summed E-state index contributed by atoms with van der Waals surface area (Å²) in [6.07, 6.45) is 0. The van der Waals surface area contributed by atoms with Crippen molar-refractivity contribution in [1.29, 1.82) is 0 Å². The zero-order valence-corrected chi connectivity index (χ0v) is 14.9. The van der Waals surface area contributed by atoms with Crippen LogP contribution in [0, 0.1) is 0 Å². The van der Waals surface area contributed by atoms with Gasteiger partial charge in [-0.1, -0.05) is 0 Å². The fraction of sp³-hybridized carbons (Fsp3) is 0.0476. The van der Waals surface area contributed by atoms with E-state index in [1.807, 2.05) is 42.5 Å². The SMILES string of the molecule is COc1cccc([Se]c2c(-c3ccccc3)oc3ccccc23)c1. The molecule has 1 heterocycles. The number of methoxy groups -OCH3 is 1. The average Bonchev–Trinajstić information content (AvgIpc) is 3.01. The second kappa shape index (κ2) is 6.56. The number of furan rings is 1. The molecule has 0 fully saturated rings. The number of ether oxygens (including phenoxy) is 1. The molecule has 3 heteroatoms. The van der Waals surface area contributed by atoms with Crippen molar-refractivity contribution in [1.82, 2.24) is 0 Å². The zero-order chi connectivity index (χ0) is 16.4. The molecule has 0 spiro atoms. The Bertz CT molecular complexity index is 973. The van der Waals surface area contributed by atoms with Gasteiger partial charge in [0.15, 0.2) is 0 Å². The van der Waals surface area contributed by atoms with Gasteiger partial charge < -0.3 is 0 Å². The van der Waals surface area contributed by atoms with E-state index in [9.17, 15) is 0 Å². The minimum atomic E-state index is 0.131. The molecule has 3 aromatic carbocycles. The Hall–Kier alpha value is -2.48. The molecule has 2 nitrogen and oxygen atoms in total. The Balaban J connectivity index is 1.86. The van der Waals surface area contributed by atoms with Crippen LogP contribution < -0.4 is 13.7 Å². The van der Waals surface area contributed by atoms with E-state index in [0.717, 1.165) is 22.7 Å². The molecule has 118 valence electrons. The first-order valence-corrected chi connectivity index (χ1v) is 9.45. The summed E-state index contributed by atoms with van der Waals surface area (Å²) in [4.78, 5) is 0. The molecule has 4 rings (SSSR count). The van der Waals surface area contributed by atoms with Crippen molar-refractivity contribution in [2.75, 3.05) is 7.11 Å². The zero-order valence-electron chi connectivity index (χ0n) is 13.2. The molecule has 0 N–H and O–H groups in total. The molecule has 0 atom stereocenters. The second-order valence-corrected chi connectivity index (χ2v) is 7.68. The van der Waals surface area contributed by atoms with E-state index in [1.54, 1.807) is 7.11 Å². The summed E-state index contributed by atoms with van der Waals surface area (Å²) in [7, 11) is 1.70. The van der Waals surface area contributed by atoms with E-state index in [2.05, 4.69) is 36.4 Å². The summed E-state index contributed by atoms with van der Waals surface area (Å²) in [5, 5.41) is 1.19. The molecule has 24 heavy (non-hydrogen) atoms. The number of benzene rings is 3. The summed E-state index contributed by atoms with van der Waals surface area (Å²) in [5.41, 5.74) is 2.06. The first-order chi connectivity index (χ1) is 11.8. The van der Waals surface area contributed by atoms with Gasteiger partial charge in [-0.25, -0.2) is 0 Å². The van der Waals surface area contributed by atoms with Crippen molar-refractivity contribution < 1.29 is 9.15 Å². The van der Waals surface area contributed by atoms with Gasteiger partial charge in [0.05, 0.1) is 0 Å². The topological polar surface area (TPSA) is 22.4 Å². The summed E-state index contributed by atoms with van der Waals surface area (Å²) < 4.78 is 14.1. The summed E-state index contributed by atoms with van der Waals surface area (Å²) in [6.45, 7) is 0. The van der Waals surface area contributed by atoms with E-state index in [1.165, 1.54) is 14.3 Å². The van der Waals surface area contributed by atoms with Crippen LogP contribution in [0.2, 0.25) is 0 Å². The Labute approximate surface area is 147 Å². The Morgan fingerprint density at radius 3 is 2.46 bits per heavy atom. The quantitative estimate of drug-likeness (QED) is 0.504. The van der Waals surface area contributed by atoms with Crippen LogP contribution >= 0.6 is 0 Å². The van der Waals surface area contributed by atoms with E-state index >= 15 is 0 Å². The first kappa shape index (κ1) is 15.1. The van der Waals surface area contributed by atoms with E-state index in [0.29, 0.717) is 0 Å². The second-order valence-electron chi connectivity index (χ2n) is 5.40. The Morgan fingerprint density at radius 2 is 1.62 bits per heavy atom. The fourth-order valence-corrected chi connectivity index (χ4v) is 4.97. The Kier molecular flexibility index (Phi) is 4.12. The van der Waals surface area contributed by atoms with Crippen LogP contribution in [0.3, 0.4) is 0 Å². The monoisotopic (exact) mass is 380 g/mol. The van der Waals surface area contributed by atoms with Gasteiger partial charge in [-0.15, -0.1) is 0 Å². The summed E-state index contributed by atoms with van der Waals surface area (Å²) in [5.74, 6) is 1.86. The third-order valence-corrected chi connectivity index (χ3v) is 6.15. The van der Waals surface area contributed by atoms with Gasteiger partial charge in [0.25, 0.3) is 0 Å². The van der Waals surface area contributed by atoms with E-state index < -0.39 is 0 Å². The van der Waals surface area contributed by atoms with Crippen molar-refractivity contribution >= 4 is 34.8 Å². The van der Waals surface area contributed by atoms with Gasteiger partial charge in [-0.3, -0.25) is 0 Å². The van der Waals surface area contributed by atoms with Gasteiger partial charge in [0.2, 0.25) is 0 Å². The molecule has 0 unspecified atom stereocenters.